The lowest BCUT2D eigenvalue weighted by Gasteiger charge is -2.33. The molecule has 29 heavy (non-hydrogen) atoms. The first kappa shape index (κ1) is 18.6. The molecule has 0 aliphatic carbocycles. The topological polar surface area (TPSA) is 50.3 Å². The van der Waals surface area contributed by atoms with Crippen molar-refractivity contribution in [1.82, 2.24) is 14.5 Å². The summed E-state index contributed by atoms with van der Waals surface area (Å²) in [5, 5.41) is 0. The minimum absolute atomic E-state index is 0.0229. The van der Waals surface area contributed by atoms with Gasteiger partial charge in [0.05, 0.1) is 23.7 Å². The number of nitrogens with one attached hydrogen (secondary N) is 1. The number of aryl methyl sites for hydroxylation is 1. The smallest absolute Gasteiger partial charge is 0.326 e. The summed E-state index contributed by atoms with van der Waals surface area (Å²) in [6.45, 7) is 6.15. The number of hydrogen-bond acceptors (Lipinski definition) is 3. The van der Waals surface area contributed by atoms with Crippen molar-refractivity contribution >= 4 is 11.0 Å². The fourth-order valence-electron chi connectivity index (χ4n) is 4.99. The number of ether oxygens (including phenoxy) is 1. The number of likely N-dealkylation sites (tertiary alicyclic amines) is 1. The number of imidazole rings is 1. The van der Waals surface area contributed by atoms with E-state index in [-0.39, 0.29) is 17.8 Å². The van der Waals surface area contributed by atoms with E-state index >= 15 is 0 Å². The summed E-state index contributed by atoms with van der Waals surface area (Å²) in [4.78, 5) is 18.0. The Hall–Kier alpha value is -2.37. The van der Waals surface area contributed by atoms with Crippen molar-refractivity contribution in [2.24, 2.45) is 5.92 Å². The van der Waals surface area contributed by atoms with Crippen LogP contribution in [0.15, 0.2) is 53.3 Å². The van der Waals surface area contributed by atoms with Crippen LogP contribution in [0.3, 0.4) is 0 Å². The molecule has 1 aromatic heterocycles. The Morgan fingerprint density at radius 1 is 1.07 bits per heavy atom. The number of H-pyrrole nitrogens is 1. The maximum Gasteiger partial charge on any atom is 0.326 e. The lowest BCUT2D eigenvalue weighted by atomic mass is 9.97. The summed E-state index contributed by atoms with van der Waals surface area (Å²) in [5.74, 6) is 0.591. The monoisotopic (exact) mass is 391 g/mol. The normalized spacial score (nSPS) is 23.8. The molecule has 5 rings (SSSR count). The van der Waals surface area contributed by atoms with E-state index in [0.717, 1.165) is 56.5 Å². The van der Waals surface area contributed by atoms with Gasteiger partial charge in [-0.05, 0) is 49.8 Å². The summed E-state index contributed by atoms with van der Waals surface area (Å²) >= 11 is 0. The van der Waals surface area contributed by atoms with Crippen LogP contribution in [-0.4, -0.2) is 40.7 Å². The highest BCUT2D eigenvalue weighted by molar-refractivity contribution is 5.75. The Balaban J connectivity index is 1.18. The van der Waals surface area contributed by atoms with E-state index in [4.69, 9.17) is 4.74 Å². The number of nitrogens with zero attached hydrogens (tertiary/aromatic N) is 2. The molecule has 0 bridgehead atoms. The lowest BCUT2D eigenvalue weighted by molar-refractivity contribution is 0.100. The van der Waals surface area contributed by atoms with Gasteiger partial charge >= 0.3 is 5.69 Å². The van der Waals surface area contributed by atoms with Gasteiger partial charge in [-0.3, -0.25) is 4.57 Å². The molecule has 0 radical (unpaired) electrons. The van der Waals surface area contributed by atoms with Gasteiger partial charge < -0.3 is 14.6 Å². The van der Waals surface area contributed by atoms with Gasteiger partial charge in [-0.25, -0.2) is 4.79 Å². The lowest BCUT2D eigenvalue weighted by Crippen LogP contribution is -2.39. The van der Waals surface area contributed by atoms with Crippen molar-refractivity contribution < 1.29 is 4.74 Å². The molecular weight excluding hydrogens is 362 g/mol. The number of fused-ring (bicyclic) bond motifs is 1. The van der Waals surface area contributed by atoms with E-state index < -0.39 is 0 Å². The van der Waals surface area contributed by atoms with E-state index in [1.165, 1.54) is 11.1 Å². The molecule has 0 spiro atoms. The van der Waals surface area contributed by atoms with Crippen LogP contribution in [0.4, 0.5) is 0 Å². The largest absolute Gasteiger partial charge is 0.373 e. The SMILES string of the molecule is Cc1ccc(C2CC(CN3CCC(n4c(=O)[nH]c5ccccc54)CC3)CO2)cc1. The van der Waals surface area contributed by atoms with Gasteiger partial charge in [0.2, 0.25) is 0 Å². The molecule has 2 aromatic carbocycles. The van der Waals surface area contributed by atoms with Gasteiger partial charge in [0, 0.05) is 25.7 Å². The summed E-state index contributed by atoms with van der Waals surface area (Å²) in [6.07, 6.45) is 3.39. The molecule has 0 saturated carbocycles. The first-order chi connectivity index (χ1) is 14.2. The third-order valence-corrected chi connectivity index (χ3v) is 6.59. The minimum atomic E-state index is 0.0229. The first-order valence-electron chi connectivity index (χ1n) is 10.8. The van der Waals surface area contributed by atoms with E-state index in [1.54, 1.807) is 0 Å². The van der Waals surface area contributed by atoms with Gasteiger partial charge in [0.1, 0.15) is 0 Å². The van der Waals surface area contributed by atoms with Crippen LogP contribution in [-0.2, 0) is 4.74 Å². The van der Waals surface area contributed by atoms with Crippen LogP contribution < -0.4 is 5.69 Å². The minimum Gasteiger partial charge on any atom is -0.373 e. The van der Waals surface area contributed by atoms with Crippen LogP contribution in [0.1, 0.15) is 42.5 Å². The zero-order valence-corrected chi connectivity index (χ0v) is 17.0. The molecule has 3 aromatic rings. The summed E-state index contributed by atoms with van der Waals surface area (Å²) < 4.78 is 8.07. The number of aromatic nitrogens is 2. The molecule has 2 unspecified atom stereocenters. The second-order valence-corrected chi connectivity index (χ2v) is 8.68. The molecule has 5 nitrogen and oxygen atoms in total. The fourth-order valence-corrected chi connectivity index (χ4v) is 4.99. The van der Waals surface area contributed by atoms with E-state index in [1.807, 2.05) is 28.8 Å². The Bertz CT molecular complexity index is 1030. The standard InChI is InChI=1S/C24H29N3O2/c1-17-6-8-19(9-7-17)23-14-18(16-29-23)15-26-12-10-20(11-13-26)27-22-5-3-2-4-21(22)25-24(27)28/h2-9,18,20,23H,10-16H2,1H3,(H,25,28). The molecule has 3 heterocycles. The number of rotatable bonds is 4. The van der Waals surface area contributed by atoms with Crippen molar-refractivity contribution in [2.45, 2.75) is 38.3 Å². The molecule has 2 saturated heterocycles. The number of piperidine rings is 1. The Morgan fingerprint density at radius 2 is 1.83 bits per heavy atom. The zero-order chi connectivity index (χ0) is 19.8. The highest BCUT2D eigenvalue weighted by Gasteiger charge is 2.30. The van der Waals surface area contributed by atoms with Crippen LogP contribution in [0.5, 0.6) is 0 Å². The van der Waals surface area contributed by atoms with Gasteiger partial charge in [-0.2, -0.15) is 0 Å². The van der Waals surface area contributed by atoms with Gasteiger partial charge in [-0.15, -0.1) is 0 Å². The summed E-state index contributed by atoms with van der Waals surface area (Å²) in [5.41, 5.74) is 4.58. The van der Waals surface area contributed by atoms with Crippen molar-refractivity contribution in [3.05, 3.63) is 70.1 Å². The molecule has 2 fully saturated rings. The Labute approximate surface area is 171 Å². The highest BCUT2D eigenvalue weighted by Crippen LogP contribution is 2.34. The number of benzene rings is 2. The quantitative estimate of drug-likeness (QED) is 0.730. The number of hydrogen-bond donors (Lipinski definition) is 1. The van der Waals surface area contributed by atoms with E-state index in [2.05, 4.69) is 41.1 Å². The van der Waals surface area contributed by atoms with Crippen molar-refractivity contribution in [1.29, 1.82) is 0 Å². The maximum absolute atomic E-state index is 12.5. The molecule has 152 valence electrons. The summed E-state index contributed by atoms with van der Waals surface area (Å²) in [6, 6.07) is 17.0. The van der Waals surface area contributed by atoms with Crippen molar-refractivity contribution in [3.8, 4) is 0 Å². The van der Waals surface area contributed by atoms with Crippen LogP contribution in [0.25, 0.3) is 11.0 Å². The summed E-state index contributed by atoms with van der Waals surface area (Å²) in [7, 11) is 0. The maximum atomic E-state index is 12.5. The predicted molar refractivity (Wildman–Crippen MR) is 115 cm³/mol. The third kappa shape index (κ3) is 3.77. The molecule has 0 amide bonds. The Morgan fingerprint density at radius 3 is 2.62 bits per heavy atom. The third-order valence-electron chi connectivity index (χ3n) is 6.59. The molecule has 5 heteroatoms. The van der Waals surface area contributed by atoms with Gasteiger partial charge in [0.25, 0.3) is 0 Å². The van der Waals surface area contributed by atoms with E-state index in [0.29, 0.717) is 5.92 Å². The first-order valence-corrected chi connectivity index (χ1v) is 10.8. The van der Waals surface area contributed by atoms with Gasteiger partial charge in [-0.1, -0.05) is 42.0 Å². The Kier molecular flexibility index (Phi) is 5.02. The van der Waals surface area contributed by atoms with Crippen LogP contribution >= 0.6 is 0 Å². The number of para-hydroxylation sites is 2. The number of aromatic amines is 1. The molecule has 2 aliphatic heterocycles. The zero-order valence-electron chi connectivity index (χ0n) is 17.0. The van der Waals surface area contributed by atoms with E-state index in [9.17, 15) is 4.79 Å². The van der Waals surface area contributed by atoms with Crippen molar-refractivity contribution in [3.63, 3.8) is 0 Å². The average molecular weight is 392 g/mol. The van der Waals surface area contributed by atoms with Crippen LogP contribution in [0, 0.1) is 12.8 Å². The predicted octanol–water partition coefficient (Wildman–Crippen LogP) is 4.05. The molecule has 1 N–H and O–H groups in total. The average Bonchev–Trinajstić information content (AvgIpc) is 3.33. The van der Waals surface area contributed by atoms with Crippen molar-refractivity contribution in [2.75, 3.05) is 26.2 Å². The fraction of sp³-hybridized carbons (Fsp3) is 0.458. The second-order valence-electron chi connectivity index (χ2n) is 8.68. The second kappa shape index (κ2) is 7.81. The van der Waals surface area contributed by atoms with Gasteiger partial charge in [0.15, 0.2) is 0 Å². The highest BCUT2D eigenvalue weighted by atomic mass is 16.5. The van der Waals surface area contributed by atoms with Crippen LogP contribution in [0.2, 0.25) is 0 Å². The molecular formula is C24H29N3O2. The molecule has 2 aliphatic rings. The molecule has 2 atom stereocenters.